The Labute approximate surface area is 133 Å². The second-order valence-electron chi connectivity index (χ2n) is 5.42. The van der Waals surface area contributed by atoms with E-state index in [-0.39, 0.29) is 10.9 Å². The van der Waals surface area contributed by atoms with Gasteiger partial charge in [-0.15, -0.1) is 11.8 Å². The molecule has 0 aliphatic carbocycles. The van der Waals surface area contributed by atoms with Crippen molar-refractivity contribution in [2.45, 2.75) is 51.4 Å². The van der Waals surface area contributed by atoms with Gasteiger partial charge in [0.05, 0.1) is 6.61 Å². The van der Waals surface area contributed by atoms with Crippen LogP contribution in [-0.4, -0.2) is 43.6 Å². The zero-order chi connectivity index (χ0) is 16.1. The Bertz CT molecular complexity index is 303. The Hall–Kier alpha value is -0.520. The third kappa shape index (κ3) is 12.9. The number of hydrogen-bond acceptors (Lipinski definition) is 5. The molecular formula is C16H30O4S. The number of unbranched alkanes of at least 4 members (excludes halogenated alkanes) is 2. The molecule has 0 unspecified atom stereocenters. The minimum atomic E-state index is -0.313. The highest BCUT2D eigenvalue weighted by Crippen LogP contribution is 2.26. The van der Waals surface area contributed by atoms with Gasteiger partial charge in [0, 0.05) is 25.9 Å². The maximum absolute atomic E-state index is 11.2. The van der Waals surface area contributed by atoms with Crippen LogP contribution in [0.15, 0.2) is 12.2 Å². The van der Waals surface area contributed by atoms with E-state index in [1.165, 1.54) is 0 Å². The Kier molecular flexibility index (Phi) is 11.8. The molecule has 21 heavy (non-hydrogen) atoms. The first-order valence-electron chi connectivity index (χ1n) is 7.48. The number of methoxy groups -OCH3 is 1. The van der Waals surface area contributed by atoms with E-state index in [2.05, 4.69) is 20.4 Å². The molecule has 5 heteroatoms. The van der Waals surface area contributed by atoms with Crippen molar-refractivity contribution in [2.24, 2.45) is 0 Å². The molecule has 0 spiro atoms. The summed E-state index contributed by atoms with van der Waals surface area (Å²) in [5.74, 6) is 0.590. The van der Waals surface area contributed by atoms with E-state index in [0.29, 0.717) is 12.2 Å². The van der Waals surface area contributed by atoms with E-state index in [4.69, 9.17) is 14.2 Å². The maximum atomic E-state index is 11.2. The smallest absolute Gasteiger partial charge is 0.333 e. The molecule has 0 aromatic rings. The zero-order valence-electron chi connectivity index (χ0n) is 13.9. The van der Waals surface area contributed by atoms with Gasteiger partial charge in [0.15, 0.2) is 0 Å². The largest absolute Gasteiger partial charge is 0.462 e. The van der Waals surface area contributed by atoms with Gasteiger partial charge >= 0.3 is 5.97 Å². The molecule has 124 valence electrons. The molecule has 0 fully saturated rings. The lowest BCUT2D eigenvalue weighted by molar-refractivity contribution is -0.138. The lowest BCUT2D eigenvalue weighted by atomic mass is 10.2. The lowest BCUT2D eigenvalue weighted by Crippen LogP contribution is -2.21. The van der Waals surface area contributed by atoms with Crippen molar-refractivity contribution in [2.75, 3.05) is 32.7 Å². The van der Waals surface area contributed by atoms with Gasteiger partial charge in [0.1, 0.15) is 4.93 Å². The van der Waals surface area contributed by atoms with E-state index in [1.54, 1.807) is 25.8 Å². The molecule has 0 saturated carbocycles. The minimum absolute atomic E-state index is 0.195. The van der Waals surface area contributed by atoms with Crippen molar-refractivity contribution in [1.29, 1.82) is 0 Å². The van der Waals surface area contributed by atoms with Gasteiger partial charge in [-0.1, -0.05) is 6.58 Å². The number of thioether (sulfide) groups is 1. The fourth-order valence-electron chi connectivity index (χ4n) is 1.55. The minimum Gasteiger partial charge on any atom is -0.462 e. The van der Waals surface area contributed by atoms with Crippen molar-refractivity contribution in [3.05, 3.63) is 12.2 Å². The standard InChI is InChI=1S/C16H30O4S/c1-14(2)15(17)19-11-9-13-21-16(3,4)20-12-8-6-7-10-18-5/h1,6-13H2,2-5H3. The van der Waals surface area contributed by atoms with Gasteiger partial charge in [-0.3, -0.25) is 0 Å². The van der Waals surface area contributed by atoms with Crippen LogP contribution in [0.3, 0.4) is 0 Å². The lowest BCUT2D eigenvalue weighted by Gasteiger charge is -2.24. The van der Waals surface area contributed by atoms with Crippen molar-refractivity contribution >= 4 is 17.7 Å². The summed E-state index contributed by atoms with van der Waals surface area (Å²) >= 11 is 1.75. The molecule has 0 aliphatic heterocycles. The Morgan fingerprint density at radius 2 is 1.76 bits per heavy atom. The van der Waals surface area contributed by atoms with E-state index < -0.39 is 0 Å². The number of carbonyl (C=O) groups is 1. The summed E-state index contributed by atoms with van der Waals surface area (Å²) < 4.78 is 15.9. The van der Waals surface area contributed by atoms with Crippen LogP contribution in [0.25, 0.3) is 0 Å². The molecule has 0 radical (unpaired) electrons. The molecule has 4 nitrogen and oxygen atoms in total. The van der Waals surface area contributed by atoms with Crippen molar-refractivity contribution < 1.29 is 19.0 Å². The number of rotatable bonds is 13. The predicted molar refractivity (Wildman–Crippen MR) is 88.6 cm³/mol. The summed E-state index contributed by atoms with van der Waals surface area (Å²) in [6, 6.07) is 0. The van der Waals surface area contributed by atoms with Gasteiger partial charge in [-0.05, 0) is 52.2 Å². The molecule has 0 N–H and O–H groups in total. The first kappa shape index (κ1) is 20.5. The molecule has 0 atom stereocenters. The van der Waals surface area contributed by atoms with Crippen molar-refractivity contribution in [1.82, 2.24) is 0 Å². The summed E-state index contributed by atoms with van der Waals surface area (Å²) in [5.41, 5.74) is 0.444. The Morgan fingerprint density at radius 1 is 1.10 bits per heavy atom. The van der Waals surface area contributed by atoms with E-state index in [0.717, 1.165) is 44.6 Å². The molecule has 0 aromatic carbocycles. The second-order valence-corrected chi connectivity index (χ2v) is 7.10. The Balaban J connectivity index is 3.54. The van der Waals surface area contributed by atoms with E-state index in [9.17, 15) is 4.79 Å². The number of esters is 1. The monoisotopic (exact) mass is 318 g/mol. The zero-order valence-corrected chi connectivity index (χ0v) is 14.7. The van der Waals surface area contributed by atoms with Gasteiger partial charge in [0.25, 0.3) is 0 Å². The van der Waals surface area contributed by atoms with Crippen LogP contribution in [0, 0.1) is 0 Å². The molecule has 0 amide bonds. The fourth-order valence-corrected chi connectivity index (χ4v) is 2.47. The van der Waals surface area contributed by atoms with Crippen LogP contribution in [0.5, 0.6) is 0 Å². The summed E-state index contributed by atoms with van der Waals surface area (Å²) in [4.78, 5) is 11.0. The third-order valence-corrected chi connectivity index (χ3v) is 4.07. The summed E-state index contributed by atoms with van der Waals surface area (Å²) in [5, 5.41) is 0. The summed E-state index contributed by atoms with van der Waals surface area (Å²) in [6.07, 6.45) is 4.10. The van der Waals surface area contributed by atoms with Gasteiger partial charge in [-0.25, -0.2) is 4.79 Å². The normalized spacial score (nSPS) is 11.4. The van der Waals surface area contributed by atoms with Gasteiger partial charge < -0.3 is 14.2 Å². The molecule has 0 bridgehead atoms. The second kappa shape index (κ2) is 12.1. The fraction of sp³-hybridized carbons (Fsp3) is 0.812. The molecule has 0 heterocycles. The van der Waals surface area contributed by atoms with Crippen LogP contribution in [0.2, 0.25) is 0 Å². The molecular weight excluding hydrogens is 288 g/mol. The quantitative estimate of drug-likeness (QED) is 0.224. The molecule has 0 saturated heterocycles. The molecule has 0 aliphatic rings. The SMILES string of the molecule is C=C(C)C(=O)OCCCSC(C)(C)OCCCCCOC. The number of ether oxygens (including phenoxy) is 3. The molecule has 0 aromatic heterocycles. The summed E-state index contributed by atoms with van der Waals surface area (Å²) in [6.45, 7) is 11.4. The average molecular weight is 318 g/mol. The number of hydrogen-bond donors (Lipinski definition) is 0. The average Bonchev–Trinajstić information content (AvgIpc) is 2.41. The van der Waals surface area contributed by atoms with Crippen LogP contribution < -0.4 is 0 Å². The van der Waals surface area contributed by atoms with E-state index >= 15 is 0 Å². The highest BCUT2D eigenvalue weighted by molar-refractivity contribution is 8.00. The van der Waals surface area contributed by atoms with Crippen molar-refractivity contribution in [3.8, 4) is 0 Å². The number of carbonyl (C=O) groups excluding carboxylic acids is 1. The van der Waals surface area contributed by atoms with Crippen LogP contribution in [0.1, 0.15) is 46.5 Å². The third-order valence-electron chi connectivity index (χ3n) is 2.76. The highest BCUT2D eigenvalue weighted by Gasteiger charge is 2.18. The van der Waals surface area contributed by atoms with Crippen LogP contribution in [-0.2, 0) is 19.0 Å². The molecule has 0 rings (SSSR count). The predicted octanol–water partition coefficient (Wildman–Crippen LogP) is 3.80. The Morgan fingerprint density at radius 3 is 2.38 bits per heavy atom. The van der Waals surface area contributed by atoms with Crippen LogP contribution in [0.4, 0.5) is 0 Å². The topological polar surface area (TPSA) is 44.8 Å². The highest BCUT2D eigenvalue weighted by atomic mass is 32.2. The van der Waals surface area contributed by atoms with Gasteiger partial charge in [-0.2, -0.15) is 0 Å². The maximum Gasteiger partial charge on any atom is 0.333 e. The van der Waals surface area contributed by atoms with Crippen LogP contribution >= 0.6 is 11.8 Å². The van der Waals surface area contributed by atoms with Crippen molar-refractivity contribution in [3.63, 3.8) is 0 Å². The summed E-state index contributed by atoms with van der Waals surface area (Å²) in [7, 11) is 1.73. The first-order chi connectivity index (χ1) is 9.89. The van der Waals surface area contributed by atoms with Gasteiger partial charge in [0.2, 0.25) is 0 Å². The first-order valence-corrected chi connectivity index (χ1v) is 8.47. The van der Waals surface area contributed by atoms with E-state index in [1.807, 2.05) is 0 Å².